The van der Waals surface area contributed by atoms with Crippen LogP contribution in [-0.2, 0) is 10.2 Å². The first-order valence-corrected chi connectivity index (χ1v) is 10.6. The number of nitrogens with one attached hydrogen (secondary N) is 1. The summed E-state index contributed by atoms with van der Waals surface area (Å²) in [7, 11) is 0. The summed E-state index contributed by atoms with van der Waals surface area (Å²) in [6.07, 6.45) is 0. The summed E-state index contributed by atoms with van der Waals surface area (Å²) in [4.78, 5) is 12.7. The van der Waals surface area contributed by atoms with E-state index in [1.165, 1.54) is 16.4 Å². The average molecular weight is 430 g/mol. The zero-order chi connectivity index (χ0) is 21.0. The largest absolute Gasteiger partial charge is 0.344 e. The molecule has 0 bridgehead atoms. The monoisotopic (exact) mass is 429 g/mol. The Hall–Kier alpha value is -2.51. The molecule has 152 valence electrons. The second-order valence-electron chi connectivity index (χ2n) is 7.68. The summed E-state index contributed by atoms with van der Waals surface area (Å²) in [5.41, 5.74) is 1.66. The highest BCUT2D eigenvalue weighted by Gasteiger charge is 2.24. The van der Waals surface area contributed by atoms with Gasteiger partial charge in [0.25, 0.3) is 0 Å². The van der Waals surface area contributed by atoms with Crippen LogP contribution in [0.5, 0.6) is 0 Å². The highest BCUT2D eigenvalue weighted by molar-refractivity contribution is 7.99. The Morgan fingerprint density at radius 2 is 1.83 bits per heavy atom. The van der Waals surface area contributed by atoms with E-state index >= 15 is 0 Å². The van der Waals surface area contributed by atoms with Crippen molar-refractivity contribution in [3.05, 3.63) is 76.6 Å². The van der Waals surface area contributed by atoms with Crippen molar-refractivity contribution in [2.24, 2.45) is 0 Å². The van der Waals surface area contributed by atoms with Gasteiger partial charge in [0.1, 0.15) is 0 Å². The van der Waals surface area contributed by atoms with Crippen LogP contribution in [0.15, 0.2) is 59.8 Å². The van der Waals surface area contributed by atoms with Gasteiger partial charge in [0, 0.05) is 10.4 Å². The van der Waals surface area contributed by atoms with Crippen LogP contribution in [0, 0.1) is 0 Å². The minimum absolute atomic E-state index is 0.135. The molecule has 29 heavy (non-hydrogen) atoms. The minimum atomic E-state index is -0.302. The van der Waals surface area contributed by atoms with Gasteiger partial charge in [-0.15, -0.1) is 10.2 Å². The van der Waals surface area contributed by atoms with Crippen molar-refractivity contribution >= 4 is 29.3 Å². The van der Waals surface area contributed by atoms with Gasteiger partial charge in [-0.1, -0.05) is 86.6 Å². The zero-order valence-electron chi connectivity index (χ0n) is 16.6. The van der Waals surface area contributed by atoms with Crippen LogP contribution < -0.4 is 11.2 Å². The van der Waals surface area contributed by atoms with E-state index in [9.17, 15) is 4.79 Å². The molecule has 0 fully saturated rings. The van der Waals surface area contributed by atoms with Crippen molar-refractivity contribution < 1.29 is 4.79 Å². The number of nitrogens with zero attached hydrogens (tertiary/aromatic N) is 3. The lowest BCUT2D eigenvalue weighted by Crippen LogP contribution is -2.31. The third kappa shape index (κ3) is 5.31. The summed E-state index contributed by atoms with van der Waals surface area (Å²) in [6.45, 7) is 6.03. The van der Waals surface area contributed by atoms with E-state index in [-0.39, 0.29) is 23.1 Å². The second kappa shape index (κ2) is 8.88. The van der Waals surface area contributed by atoms with Gasteiger partial charge < -0.3 is 11.2 Å². The van der Waals surface area contributed by atoms with E-state index in [1.807, 2.05) is 75.4 Å². The number of halogens is 1. The van der Waals surface area contributed by atoms with Gasteiger partial charge in [0.2, 0.25) is 11.1 Å². The standard InChI is InChI=1S/C21H24ClN5OS/c1-21(2,3)19-25-26-20(27(19)23)29-13-17(28)24-18(14-8-5-4-6-9-14)15-10-7-11-16(22)12-15/h4-12,18H,13,23H2,1-3H3,(H,24,28). The Kier molecular flexibility index (Phi) is 6.49. The summed E-state index contributed by atoms with van der Waals surface area (Å²) in [5, 5.41) is 12.5. The first-order valence-electron chi connectivity index (χ1n) is 9.19. The molecule has 8 heteroatoms. The molecular formula is C21H24ClN5OS. The molecule has 0 aliphatic carbocycles. The number of carbonyl (C=O) groups is 1. The Labute approximate surface area is 179 Å². The lowest BCUT2D eigenvalue weighted by Gasteiger charge is -2.20. The van der Waals surface area contributed by atoms with E-state index in [2.05, 4.69) is 15.5 Å². The molecule has 1 amide bonds. The van der Waals surface area contributed by atoms with Gasteiger partial charge in [0.15, 0.2) is 5.82 Å². The normalized spacial score (nSPS) is 12.6. The second-order valence-corrected chi connectivity index (χ2v) is 9.06. The number of hydrogen-bond acceptors (Lipinski definition) is 5. The van der Waals surface area contributed by atoms with Crippen LogP contribution in [-0.4, -0.2) is 26.5 Å². The Morgan fingerprint density at radius 1 is 1.14 bits per heavy atom. The number of carbonyl (C=O) groups excluding carboxylic acids is 1. The molecular weight excluding hydrogens is 406 g/mol. The lowest BCUT2D eigenvalue weighted by molar-refractivity contribution is -0.119. The quantitative estimate of drug-likeness (QED) is 0.457. The van der Waals surface area contributed by atoms with Gasteiger partial charge >= 0.3 is 0 Å². The Morgan fingerprint density at radius 3 is 2.45 bits per heavy atom. The molecule has 1 unspecified atom stereocenters. The first-order chi connectivity index (χ1) is 13.8. The molecule has 1 aromatic heterocycles. The number of rotatable bonds is 6. The number of aromatic nitrogens is 3. The molecule has 3 rings (SSSR count). The fraction of sp³-hybridized carbons (Fsp3) is 0.286. The third-order valence-electron chi connectivity index (χ3n) is 4.29. The smallest absolute Gasteiger partial charge is 0.231 e. The maximum Gasteiger partial charge on any atom is 0.231 e. The molecule has 1 heterocycles. The number of amides is 1. The Balaban J connectivity index is 1.74. The molecule has 0 saturated heterocycles. The average Bonchev–Trinajstić information content (AvgIpc) is 3.06. The molecule has 3 aromatic rings. The predicted molar refractivity (Wildman–Crippen MR) is 117 cm³/mol. The maximum atomic E-state index is 12.7. The van der Waals surface area contributed by atoms with E-state index in [0.29, 0.717) is 16.0 Å². The van der Waals surface area contributed by atoms with Gasteiger partial charge in [-0.25, -0.2) is 4.68 Å². The molecule has 0 radical (unpaired) electrons. The van der Waals surface area contributed by atoms with E-state index in [1.54, 1.807) is 0 Å². The fourth-order valence-corrected chi connectivity index (χ4v) is 3.78. The SMILES string of the molecule is CC(C)(C)c1nnc(SCC(=O)NC(c2ccccc2)c2cccc(Cl)c2)n1N. The van der Waals surface area contributed by atoms with Crippen LogP contribution in [0.4, 0.5) is 0 Å². The molecule has 3 N–H and O–H groups in total. The van der Waals surface area contributed by atoms with Crippen molar-refractivity contribution in [2.45, 2.75) is 37.4 Å². The Bertz CT molecular complexity index is 984. The van der Waals surface area contributed by atoms with Crippen molar-refractivity contribution in [3.8, 4) is 0 Å². The minimum Gasteiger partial charge on any atom is -0.344 e. The number of hydrogen-bond donors (Lipinski definition) is 2. The van der Waals surface area contributed by atoms with E-state index < -0.39 is 0 Å². The zero-order valence-corrected chi connectivity index (χ0v) is 18.2. The molecule has 6 nitrogen and oxygen atoms in total. The van der Waals surface area contributed by atoms with E-state index in [4.69, 9.17) is 17.4 Å². The summed E-state index contributed by atoms with van der Waals surface area (Å²) in [6, 6.07) is 17.0. The van der Waals surface area contributed by atoms with Gasteiger partial charge in [-0.2, -0.15) is 0 Å². The summed E-state index contributed by atoms with van der Waals surface area (Å²) >= 11 is 7.42. The van der Waals surface area contributed by atoms with Gasteiger partial charge in [0.05, 0.1) is 11.8 Å². The number of nitrogen functional groups attached to an aromatic ring is 1. The van der Waals surface area contributed by atoms with Crippen molar-refractivity contribution in [2.75, 3.05) is 11.6 Å². The molecule has 0 aliphatic rings. The number of thioether (sulfide) groups is 1. The van der Waals surface area contributed by atoms with Crippen LogP contribution in [0.2, 0.25) is 5.02 Å². The summed E-state index contributed by atoms with van der Waals surface area (Å²) < 4.78 is 1.45. The molecule has 0 aliphatic heterocycles. The lowest BCUT2D eigenvalue weighted by atomic mass is 9.96. The van der Waals surface area contributed by atoms with Crippen molar-refractivity contribution in [1.82, 2.24) is 20.2 Å². The van der Waals surface area contributed by atoms with Crippen LogP contribution in [0.25, 0.3) is 0 Å². The van der Waals surface area contributed by atoms with Gasteiger partial charge in [-0.05, 0) is 23.3 Å². The van der Waals surface area contributed by atoms with Gasteiger partial charge in [-0.3, -0.25) is 4.79 Å². The van der Waals surface area contributed by atoms with Crippen LogP contribution >= 0.6 is 23.4 Å². The van der Waals surface area contributed by atoms with E-state index in [0.717, 1.165) is 11.1 Å². The fourth-order valence-electron chi connectivity index (χ4n) is 2.91. The first kappa shape index (κ1) is 21.2. The predicted octanol–water partition coefficient (Wildman–Crippen LogP) is 3.94. The molecule has 0 spiro atoms. The summed E-state index contributed by atoms with van der Waals surface area (Å²) in [5.74, 6) is 6.80. The number of benzene rings is 2. The topological polar surface area (TPSA) is 85.8 Å². The molecule has 2 aromatic carbocycles. The van der Waals surface area contributed by atoms with Crippen molar-refractivity contribution in [1.29, 1.82) is 0 Å². The maximum absolute atomic E-state index is 12.7. The van der Waals surface area contributed by atoms with Crippen LogP contribution in [0.1, 0.15) is 43.8 Å². The third-order valence-corrected chi connectivity index (χ3v) is 5.47. The highest BCUT2D eigenvalue weighted by atomic mass is 35.5. The van der Waals surface area contributed by atoms with Crippen LogP contribution in [0.3, 0.4) is 0 Å². The highest BCUT2D eigenvalue weighted by Crippen LogP contribution is 2.26. The number of nitrogens with two attached hydrogens (primary N) is 1. The molecule has 1 atom stereocenters. The molecule has 0 saturated carbocycles. The van der Waals surface area contributed by atoms with Crippen molar-refractivity contribution in [3.63, 3.8) is 0 Å².